The van der Waals surface area contributed by atoms with Gasteiger partial charge in [-0.05, 0) is 48.5 Å². The molecule has 1 amide bonds. The average Bonchev–Trinajstić information content (AvgIpc) is 2.75. The second-order valence-corrected chi connectivity index (χ2v) is 8.21. The van der Waals surface area contributed by atoms with Crippen molar-refractivity contribution in [3.05, 3.63) is 61.2 Å². The minimum Gasteiger partial charge on any atom is -0.442 e. The van der Waals surface area contributed by atoms with Crippen molar-refractivity contribution in [3.63, 3.8) is 0 Å². The van der Waals surface area contributed by atoms with Crippen LogP contribution in [-0.2, 0) is 4.74 Å². The number of likely N-dealkylation sites (tertiary alicyclic amines) is 1. The fourth-order valence-electron chi connectivity index (χ4n) is 3.02. The Morgan fingerprint density at radius 2 is 1.70 bits per heavy atom. The Hall–Kier alpha value is -3.23. The van der Waals surface area contributed by atoms with Crippen LogP contribution in [0.15, 0.2) is 44.5 Å². The van der Waals surface area contributed by atoms with Crippen molar-refractivity contribution in [2.45, 2.75) is 35.5 Å². The maximum Gasteiger partial charge on any atom is 0.410 e. The molecular weight excluding hydrogens is 408 g/mol. The first-order valence-electron chi connectivity index (χ1n) is 9.26. The van der Waals surface area contributed by atoms with Gasteiger partial charge in [0.1, 0.15) is 5.60 Å². The molecule has 0 bridgehead atoms. The molecule has 1 aromatic carbocycles. The zero-order chi connectivity index (χ0) is 21.8. The van der Waals surface area contributed by atoms with Crippen LogP contribution >= 0.6 is 11.8 Å². The first-order chi connectivity index (χ1) is 14.5. The van der Waals surface area contributed by atoms with Crippen LogP contribution in [0, 0.1) is 6.92 Å². The van der Waals surface area contributed by atoms with Gasteiger partial charge in [0.05, 0.1) is 19.6 Å². The van der Waals surface area contributed by atoms with E-state index in [-0.39, 0.29) is 19.6 Å². The van der Waals surface area contributed by atoms with Crippen LogP contribution in [0.5, 0.6) is 0 Å². The molecule has 0 aromatic heterocycles. The average molecular weight is 430 g/mol. The highest BCUT2D eigenvalue weighted by atomic mass is 32.2. The van der Waals surface area contributed by atoms with Gasteiger partial charge in [0.25, 0.3) is 0 Å². The molecule has 0 unspecified atom stereocenters. The summed E-state index contributed by atoms with van der Waals surface area (Å²) in [5.74, 6) is 0. The second-order valence-electron chi connectivity index (χ2n) is 6.84. The van der Waals surface area contributed by atoms with Crippen molar-refractivity contribution in [2.75, 3.05) is 32.7 Å². The van der Waals surface area contributed by atoms with Gasteiger partial charge in [-0.25, -0.2) is 4.79 Å². The molecule has 1 saturated heterocycles. The van der Waals surface area contributed by atoms with Gasteiger partial charge in [-0.1, -0.05) is 33.0 Å². The fraction of sp³-hybridized carbons (Fsp3) is 0.588. The molecule has 1 fully saturated rings. The Morgan fingerprint density at radius 1 is 1.13 bits per heavy atom. The van der Waals surface area contributed by atoms with E-state index >= 15 is 0 Å². The third kappa shape index (κ3) is 6.98. The number of carbonyl (C=O) groups is 1. The number of amides is 1. The smallest absolute Gasteiger partial charge is 0.410 e. The molecular formula is C17H22N10O2S. The molecule has 0 atom stereocenters. The van der Waals surface area contributed by atoms with E-state index in [1.807, 2.05) is 6.07 Å². The van der Waals surface area contributed by atoms with Gasteiger partial charge in [-0.15, -0.1) is 11.8 Å². The number of thioether (sulfide) groups is 1. The summed E-state index contributed by atoms with van der Waals surface area (Å²) in [6.07, 6.45) is 0.969. The molecule has 30 heavy (non-hydrogen) atoms. The Morgan fingerprint density at radius 3 is 2.20 bits per heavy atom. The van der Waals surface area contributed by atoms with E-state index in [9.17, 15) is 4.79 Å². The predicted molar refractivity (Wildman–Crippen MR) is 113 cm³/mol. The van der Waals surface area contributed by atoms with Gasteiger partial charge >= 0.3 is 6.09 Å². The van der Waals surface area contributed by atoms with E-state index in [4.69, 9.17) is 21.3 Å². The van der Waals surface area contributed by atoms with Crippen LogP contribution in [0.1, 0.15) is 18.4 Å². The quantitative estimate of drug-likeness (QED) is 0.291. The van der Waals surface area contributed by atoms with Gasteiger partial charge in [0.2, 0.25) is 0 Å². The Bertz CT molecular complexity index is 832. The van der Waals surface area contributed by atoms with Crippen molar-refractivity contribution in [2.24, 2.45) is 15.3 Å². The van der Waals surface area contributed by atoms with E-state index in [1.54, 1.807) is 16.7 Å². The largest absolute Gasteiger partial charge is 0.442 e. The summed E-state index contributed by atoms with van der Waals surface area (Å²) in [6.45, 7) is 2.12. The number of hydrogen-bond acceptors (Lipinski definition) is 6. The molecule has 0 aliphatic carbocycles. The van der Waals surface area contributed by atoms with E-state index in [0.29, 0.717) is 18.3 Å². The lowest BCUT2D eigenvalue weighted by Gasteiger charge is -2.35. The molecule has 1 aliphatic rings. The van der Waals surface area contributed by atoms with Gasteiger partial charge in [0.15, 0.2) is 0 Å². The standard InChI is InChI=1S/C17H22N10O2S/c1-13-3-2-4-15(9-13)30-14-5-7-27(8-6-14)16(28)29-17(10-21-24-18,11-22-25-19)12-23-26-20/h2-4,9,14H,5-8,10-12H2,1H3. The normalized spacial score (nSPS) is 15.7. The number of hydrogen-bond donors (Lipinski definition) is 0. The van der Waals surface area contributed by atoms with Gasteiger partial charge in [-0.3, -0.25) is 0 Å². The lowest BCUT2D eigenvalue weighted by molar-refractivity contribution is 0.00445. The third-order valence-electron chi connectivity index (χ3n) is 4.56. The van der Waals surface area contributed by atoms with Crippen LogP contribution in [0.25, 0.3) is 31.3 Å². The van der Waals surface area contributed by atoms with Crippen LogP contribution in [-0.4, -0.2) is 54.6 Å². The first-order valence-corrected chi connectivity index (χ1v) is 10.1. The number of piperidine rings is 1. The van der Waals surface area contributed by atoms with Crippen molar-refractivity contribution >= 4 is 17.9 Å². The van der Waals surface area contributed by atoms with Gasteiger partial charge in [-0.2, -0.15) is 0 Å². The van der Waals surface area contributed by atoms with E-state index in [2.05, 4.69) is 55.2 Å². The minimum atomic E-state index is -1.52. The van der Waals surface area contributed by atoms with E-state index in [0.717, 1.165) is 12.8 Å². The summed E-state index contributed by atoms with van der Waals surface area (Å²) in [5.41, 5.74) is 25.6. The molecule has 0 saturated carbocycles. The highest BCUT2D eigenvalue weighted by Gasteiger charge is 2.35. The second kappa shape index (κ2) is 11.7. The van der Waals surface area contributed by atoms with E-state index in [1.165, 1.54) is 10.5 Å². The third-order valence-corrected chi connectivity index (χ3v) is 5.89. The first kappa shape index (κ1) is 23.1. The number of carbonyl (C=O) groups excluding carboxylic acids is 1. The molecule has 13 heteroatoms. The maximum atomic E-state index is 12.7. The predicted octanol–water partition coefficient (Wildman–Crippen LogP) is 5.36. The summed E-state index contributed by atoms with van der Waals surface area (Å²) in [7, 11) is 0. The lowest BCUT2D eigenvalue weighted by Crippen LogP contribution is -2.49. The van der Waals surface area contributed by atoms with Crippen LogP contribution < -0.4 is 0 Å². The molecule has 12 nitrogen and oxygen atoms in total. The molecule has 1 aromatic rings. The molecule has 0 spiro atoms. The summed E-state index contributed by atoms with van der Waals surface area (Å²) in [4.78, 5) is 23.4. The molecule has 2 rings (SSSR count). The molecule has 1 aliphatic heterocycles. The van der Waals surface area contributed by atoms with Crippen LogP contribution in [0.4, 0.5) is 4.79 Å². The van der Waals surface area contributed by atoms with Gasteiger partial charge < -0.3 is 9.64 Å². The molecule has 1 heterocycles. The summed E-state index contributed by atoms with van der Waals surface area (Å²) in [6, 6.07) is 8.30. The van der Waals surface area contributed by atoms with Crippen molar-refractivity contribution in [1.29, 1.82) is 0 Å². The number of nitrogens with zero attached hydrogens (tertiary/aromatic N) is 10. The van der Waals surface area contributed by atoms with Crippen LogP contribution in [0.2, 0.25) is 0 Å². The van der Waals surface area contributed by atoms with Gasteiger partial charge in [0, 0.05) is 38.0 Å². The van der Waals surface area contributed by atoms with Crippen molar-refractivity contribution < 1.29 is 9.53 Å². The van der Waals surface area contributed by atoms with Crippen molar-refractivity contribution in [3.8, 4) is 0 Å². The highest BCUT2D eigenvalue weighted by Crippen LogP contribution is 2.31. The van der Waals surface area contributed by atoms with Crippen LogP contribution in [0.3, 0.4) is 0 Å². The lowest BCUT2D eigenvalue weighted by atomic mass is 10.1. The summed E-state index contributed by atoms with van der Waals surface area (Å²) >= 11 is 1.79. The zero-order valence-corrected chi connectivity index (χ0v) is 17.3. The molecule has 158 valence electrons. The maximum absolute atomic E-state index is 12.7. The SMILES string of the molecule is Cc1cccc(SC2CCN(C(=O)OC(CN=[N+]=[N-])(CN=[N+]=[N-])CN=[N+]=[N-])CC2)c1. The minimum absolute atomic E-state index is 0.313. The van der Waals surface area contributed by atoms with Crippen molar-refractivity contribution in [1.82, 2.24) is 4.90 Å². The Balaban J connectivity index is 2.00. The molecule has 0 N–H and O–H groups in total. The molecule has 0 radical (unpaired) electrons. The highest BCUT2D eigenvalue weighted by molar-refractivity contribution is 8.00. The summed E-state index contributed by atoms with van der Waals surface area (Å²) in [5, 5.41) is 10.7. The number of benzene rings is 1. The summed E-state index contributed by atoms with van der Waals surface area (Å²) < 4.78 is 5.54. The number of ether oxygens (including phenoxy) is 1. The Kier molecular flexibility index (Phi) is 8.99. The zero-order valence-electron chi connectivity index (χ0n) is 16.5. The number of rotatable bonds is 9. The fourth-order valence-corrected chi connectivity index (χ4v) is 4.26. The Labute approximate surface area is 177 Å². The number of azide groups is 3. The number of aryl methyl sites for hydroxylation is 1. The topological polar surface area (TPSA) is 176 Å². The monoisotopic (exact) mass is 430 g/mol. The van der Waals surface area contributed by atoms with E-state index < -0.39 is 11.7 Å².